The number of halogens is 1. The molecule has 1 heterocycles. The van der Waals surface area contributed by atoms with Gasteiger partial charge in [-0.2, -0.15) is 0 Å². The molecule has 0 radical (unpaired) electrons. The Morgan fingerprint density at radius 3 is 2.63 bits per heavy atom. The molecule has 0 unspecified atom stereocenters. The van der Waals surface area contributed by atoms with Gasteiger partial charge in [-0.05, 0) is 30.9 Å². The fourth-order valence-corrected chi connectivity index (χ4v) is 1.59. The zero-order valence-corrected chi connectivity index (χ0v) is 12.4. The van der Waals surface area contributed by atoms with Crippen molar-refractivity contribution >= 4 is 0 Å². The number of hydrogen-bond donors (Lipinski definition) is 1. The molecule has 0 atom stereocenters. The van der Waals surface area contributed by atoms with E-state index in [-0.39, 0.29) is 11.7 Å². The number of nitrogens with one attached hydrogen (secondary N) is 1. The molecule has 0 amide bonds. The lowest BCUT2D eigenvalue weighted by atomic mass is 10.1. The Bertz CT molecular complexity index is 348. The summed E-state index contributed by atoms with van der Waals surface area (Å²) in [5, 5.41) is 3.22. The van der Waals surface area contributed by atoms with Crippen molar-refractivity contribution in [3.8, 4) is 5.88 Å². The van der Waals surface area contributed by atoms with Gasteiger partial charge in [0.15, 0.2) is 5.82 Å². The number of rotatable bonds is 8. The molecule has 19 heavy (non-hydrogen) atoms. The molecule has 1 N–H and O–H groups in total. The first kappa shape index (κ1) is 15.9. The maximum absolute atomic E-state index is 14.1. The minimum absolute atomic E-state index is 0.115. The minimum Gasteiger partial charge on any atom is -0.476 e. The third-order valence-electron chi connectivity index (χ3n) is 2.74. The first-order chi connectivity index (χ1) is 9.00. The minimum atomic E-state index is -0.345. The summed E-state index contributed by atoms with van der Waals surface area (Å²) in [7, 11) is 0. The van der Waals surface area contributed by atoms with E-state index in [0.717, 1.165) is 13.0 Å². The molecule has 1 aromatic heterocycles. The Kier molecular flexibility index (Phi) is 6.78. The molecule has 0 fully saturated rings. The standard InChI is InChI=1S/C15H25FN2O/c1-11(2)6-8-19-15-14(16)13(5-7-18-15)10-17-9-12(3)4/h5,7,11-12,17H,6,8-10H2,1-4H3. The van der Waals surface area contributed by atoms with Gasteiger partial charge in [0.25, 0.3) is 5.88 Å². The van der Waals surface area contributed by atoms with Gasteiger partial charge in [-0.15, -0.1) is 0 Å². The molecule has 0 aliphatic rings. The Hall–Kier alpha value is -1.16. The molecule has 0 saturated heterocycles. The van der Waals surface area contributed by atoms with Crippen LogP contribution in [0.15, 0.2) is 12.3 Å². The average molecular weight is 268 g/mol. The van der Waals surface area contributed by atoms with Gasteiger partial charge in [0, 0.05) is 18.3 Å². The van der Waals surface area contributed by atoms with Gasteiger partial charge < -0.3 is 10.1 Å². The predicted octanol–water partition coefficient (Wildman–Crippen LogP) is 3.39. The zero-order valence-electron chi connectivity index (χ0n) is 12.4. The van der Waals surface area contributed by atoms with E-state index in [1.807, 2.05) is 0 Å². The summed E-state index contributed by atoms with van der Waals surface area (Å²) in [6.45, 7) is 10.3. The second-order valence-electron chi connectivity index (χ2n) is 5.64. The van der Waals surface area contributed by atoms with Gasteiger partial charge in [0.05, 0.1) is 6.61 Å². The van der Waals surface area contributed by atoms with E-state index in [0.29, 0.717) is 30.6 Å². The van der Waals surface area contributed by atoms with Crippen molar-refractivity contribution in [3.05, 3.63) is 23.6 Å². The van der Waals surface area contributed by atoms with Gasteiger partial charge in [-0.1, -0.05) is 27.7 Å². The average Bonchev–Trinajstić information content (AvgIpc) is 2.32. The van der Waals surface area contributed by atoms with Crippen LogP contribution in [0.25, 0.3) is 0 Å². The highest BCUT2D eigenvalue weighted by molar-refractivity contribution is 5.23. The van der Waals surface area contributed by atoms with Crippen LogP contribution < -0.4 is 10.1 Å². The van der Waals surface area contributed by atoms with E-state index in [1.165, 1.54) is 0 Å². The first-order valence-electron chi connectivity index (χ1n) is 6.97. The Morgan fingerprint density at radius 2 is 2.00 bits per heavy atom. The van der Waals surface area contributed by atoms with E-state index < -0.39 is 0 Å². The van der Waals surface area contributed by atoms with Crippen LogP contribution in [0.1, 0.15) is 39.7 Å². The second kappa shape index (κ2) is 8.10. The molecule has 0 saturated carbocycles. The van der Waals surface area contributed by atoms with E-state index in [2.05, 4.69) is 38.0 Å². The highest BCUT2D eigenvalue weighted by Crippen LogP contribution is 2.18. The lowest BCUT2D eigenvalue weighted by molar-refractivity contribution is 0.264. The van der Waals surface area contributed by atoms with Gasteiger partial charge in [-0.3, -0.25) is 0 Å². The van der Waals surface area contributed by atoms with Crippen molar-refractivity contribution in [2.45, 2.75) is 40.7 Å². The van der Waals surface area contributed by atoms with Crippen molar-refractivity contribution in [2.24, 2.45) is 11.8 Å². The third kappa shape index (κ3) is 6.01. The summed E-state index contributed by atoms with van der Waals surface area (Å²) in [4.78, 5) is 3.95. The Balaban J connectivity index is 2.54. The monoisotopic (exact) mass is 268 g/mol. The van der Waals surface area contributed by atoms with Crippen LogP contribution in [-0.4, -0.2) is 18.1 Å². The summed E-state index contributed by atoms with van der Waals surface area (Å²) >= 11 is 0. The van der Waals surface area contributed by atoms with Crippen molar-refractivity contribution in [1.29, 1.82) is 0 Å². The fourth-order valence-electron chi connectivity index (χ4n) is 1.59. The number of hydrogen-bond acceptors (Lipinski definition) is 3. The quantitative estimate of drug-likeness (QED) is 0.784. The van der Waals surface area contributed by atoms with Crippen LogP contribution >= 0.6 is 0 Å². The summed E-state index contributed by atoms with van der Waals surface area (Å²) in [6, 6.07) is 1.69. The van der Waals surface area contributed by atoms with Gasteiger partial charge in [0.1, 0.15) is 0 Å². The summed E-state index contributed by atoms with van der Waals surface area (Å²) in [5.74, 6) is 0.859. The Morgan fingerprint density at radius 1 is 1.26 bits per heavy atom. The van der Waals surface area contributed by atoms with E-state index >= 15 is 0 Å². The van der Waals surface area contributed by atoms with Crippen LogP contribution in [0, 0.1) is 17.7 Å². The summed E-state index contributed by atoms with van der Waals surface area (Å²) in [6.07, 6.45) is 2.50. The van der Waals surface area contributed by atoms with Crippen molar-refractivity contribution in [3.63, 3.8) is 0 Å². The van der Waals surface area contributed by atoms with Crippen LogP contribution in [0.4, 0.5) is 4.39 Å². The van der Waals surface area contributed by atoms with Gasteiger partial charge in [-0.25, -0.2) is 9.37 Å². The molecule has 0 spiro atoms. The highest BCUT2D eigenvalue weighted by Gasteiger charge is 2.10. The van der Waals surface area contributed by atoms with Crippen molar-refractivity contribution < 1.29 is 9.13 Å². The topological polar surface area (TPSA) is 34.1 Å². The second-order valence-corrected chi connectivity index (χ2v) is 5.64. The van der Waals surface area contributed by atoms with Crippen LogP contribution in [-0.2, 0) is 6.54 Å². The van der Waals surface area contributed by atoms with E-state index in [1.54, 1.807) is 12.3 Å². The van der Waals surface area contributed by atoms with Crippen molar-refractivity contribution in [2.75, 3.05) is 13.2 Å². The van der Waals surface area contributed by atoms with Gasteiger partial charge >= 0.3 is 0 Å². The lowest BCUT2D eigenvalue weighted by Crippen LogP contribution is -2.20. The van der Waals surface area contributed by atoms with E-state index in [4.69, 9.17) is 4.74 Å². The summed E-state index contributed by atoms with van der Waals surface area (Å²) in [5.41, 5.74) is 0.607. The molecule has 3 nitrogen and oxygen atoms in total. The molecular formula is C15H25FN2O. The normalized spacial score (nSPS) is 11.3. The number of pyridine rings is 1. The molecular weight excluding hydrogens is 243 g/mol. The Labute approximate surface area is 115 Å². The van der Waals surface area contributed by atoms with Crippen molar-refractivity contribution in [1.82, 2.24) is 10.3 Å². The lowest BCUT2D eigenvalue weighted by Gasteiger charge is -2.11. The molecule has 108 valence electrons. The smallest absolute Gasteiger partial charge is 0.250 e. The predicted molar refractivity (Wildman–Crippen MR) is 75.7 cm³/mol. The molecule has 4 heteroatoms. The molecule has 0 aliphatic carbocycles. The number of nitrogens with zero attached hydrogens (tertiary/aromatic N) is 1. The molecule has 0 bridgehead atoms. The largest absolute Gasteiger partial charge is 0.476 e. The number of ether oxygens (including phenoxy) is 1. The molecule has 1 aromatic rings. The molecule has 1 rings (SSSR count). The first-order valence-corrected chi connectivity index (χ1v) is 6.97. The number of aromatic nitrogens is 1. The van der Waals surface area contributed by atoms with Crippen LogP contribution in [0.3, 0.4) is 0 Å². The van der Waals surface area contributed by atoms with Gasteiger partial charge in [0.2, 0.25) is 0 Å². The molecule has 0 aliphatic heterocycles. The summed E-state index contributed by atoms with van der Waals surface area (Å²) < 4.78 is 19.5. The maximum atomic E-state index is 14.1. The highest BCUT2D eigenvalue weighted by atomic mass is 19.1. The SMILES string of the molecule is CC(C)CCOc1nccc(CNCC(C)C)c1F. The third-order valence-corrected chi connectivity index (χ3v) is 2.74. The fraction of sp³-hybridized carbons (Fsp3) is 0.667. The maximum Gasteiger partial charge on any atom is 0.250 e. The van der Waals surface area contributed by atoms with E-state index in [9.17, 15) is 4.39 Å². The van der Waals surface area contributed by atoms with Crippen LogP contribution in [0.5, 0.6) is 5.88 Å². The van der Waals surface area contributed by atoms with Crippen LogP contribution in [0.2, 0.25) is 0 Å². The molecule has 0 aromatic carbocycles. The zero-order chi connectivity index (χ0) is 14.3.